The van der Waals surface area contributed by atoms with Crippen LogP contribution in [-0.4, -0.2) is 39.6 Å². The molecule has 2 aromatic rings. The predicted octanol–water partition coefficient (Wildman–Crippen LogP) is 3.99. The molecule has 0 aliphatic heterocycles. The van der Waals surface area contributed by atoms with Gasteiger partial charge in [0.05, 0.1) is 12.0 Å². The summed E-state index contributed by atoms with van der Waals surface area (Å²) in [7, 11) is 3.09. The minimum absolute atomic E-state index is 0.0758. The highest BCUT2D eigenvalue weighted by atomic mass is 33.1. The van der Waals surface area contributed by atoms with Gasteiger partial charge in [-0.05, 0) is 44.5 Å². The van der Waals surface area contributed by atoms with Gasteiger partial charge in [-0.3, -0.25) is 9.59 Å². The molecule has 0 bridgehead atoms. The molecule has 0 saturated heterocycles. The number of carboxylic acid groups (broad SMARTS) is 1. The SMILES string of the molecule is Cc1cccc(-n2c(C)cc(C(=O)NCCSSCCC(=O)O)c2C)c1. The molecule has 0 aliphatic rings. The van der Waals surface area contributed by atoms with Crippen LogP contribution in [0.5, 0.6) is 0 Å². The summed E-state index contributed by atoms with van der Waals surface area (Å²) in [5, 5.41) is 11.5. The van der Waals surface area contributed by atoms with Crippen molar-refractivity contribution in [1.82, 2.24) is 9.88 Å². The van der Waals surface area contributed by atoms with E-state index in [1.165, 1.54) is 16.4 Å². The van der Waals surface area contributed by atoms with Gasteiger partial charge in [-0.1, -0.05) is 33.7 Å². The van der Waals surface area contributed by atoms with E-state index in [1.54, 1.807) is 10.8 Å². The Labute approximate surface area is 162 Å². The van der Waals surface area contributed by atoms with Gasteiger partial charge in [0.1, 0.15) is 0 Å². The molecule has 2 N–H and O–H groups in total. The van der Waals surface area contributed by atoms with Crippen LogP contribution in [0.3, 0.4) is 0 Å². The van der Waals surface area contributed by atoms with Gasteiger partial charge in [0.2, 0.25) is 0 Å². The maximum absolute atomic E-state index is 12.5. The summed E-state index contributed by atoms with van der Waals surface area (Å²) in [5.41, 5.74) is 4.88. The highest BCUT2D eigenvalue weighted by molar-refractivity contribution is 8.76. The predicted molar refractivity (Wildman–Crippen MR) is 109 cm³/mol. The highest BCUT2D eigenvalue weighted by Gasteiger charge is 2.16. The van der Waals surface area contributed by atoms with Gasteiger partial charge >= 0.3 is 5.97 Å². The lowest BCUT2D eigenvalue weighted by molar-refractivity contribution is -0.136. The molecule has 7 heteroatoms. The highest BCUT2D eigenvalue weighted by Crippen LogP contribution is 2.22. The number of aromatic nitrogens is 1. The molecule has 0 unspecified atom stereocenters. The number of carbonyl (C=O) groups is 2. The van der Waals surface area contributed by atoms with E-state index in [0.717, 1.165) is 22.8 Å². The molecule has 0 spiro atoms. The van der Waals surface area contributed by atoms with Crippen LogP contribution in [0.25, 0.3) is 5.69 Å². The summed E-state index contributed by atoms with van der Waals surface area (Å²) in [6.45, 7) is 6.57. The van der Waals surface area contributed by atoms with Gasteiger partial charge in [-0.2, -0.15) is 0 Å². The van der Waals surface area contributed by atoms with Crippen LogP contribution >= 0.6 is 21.6 Å². The number of nitrogens with zero attached hydrogens (tertiary/aromatic N) is 1. The Kier molecular flexibility index (Phi) is 7.66. The van der Waals surface area contributed by atoms with Crippen molar-refractivity contribution in [2.75, 3.05) is 18.1 Å². The zero-order chi connectivity index (χ0) is 19.1. The second kappa shape index (κ2) is 9.73. The molecule has 0 fully saturated rings. The van der Waals surface area contributed by atoms with Crippen molar-refractivity contribution in [2.45, 2.75) is 27.2 Å². The standard InChI is InChI=1S/C19H24N2O3S2/c1-13-5-4-6-16(11-13)21-14(2)12-17(15(21)3)19(24)20-8-10-26-25-9-7-18(22)23/h4-6,11-12H,7-10H2,1-3H3,(H,20,24)(H,22,23). The molecular weight excluding hydrogens is 368 g/mol. The number of hydrogen-bond acceptors (Lipinski definition) is 4. The van der Waals surface area contributed by atoms with Crippen LogP contribution in [0, 0.1) is 20.8 Å². The van der Waals surface area contributed by atoms with Gasteiger partial charge in [0.15, 0.2) is 0 Å². The van der Waals surface area contributed by atoms with Crippen molar-refractivity contribution in [3.8, 4) is 5.69 Å². The molecule has 1 heterocycles. The first-order valence-corrected chi connectivity index (χ1v) is 10.9. The van der Waals surface area contributed by atoms with E-state index in [4.69, 9.17) is 5.11 Å². The number of benzene rings is 1. The minimum Gasteiger partial charge on any atom is -0.481 e. The zero-order valence-electron chi connectivity index (χ0n) is 15.2. The lowest BCUT2D eigenvalue weighted by atomic mass is 10.2. The summed E-state index contributed by atoms with van der Waals surface area (Å²) in [6, 6.07) is 10.1. The Balaban J connectivity index is 1.92. The Morgan fingerprint density at radius 2 is 1.85 bits per heavy atom. The molecule has 0 atom stereocenters. The van der Waals surface area contributed by atoms with Crippen LogP contribution < -0.4 is 5.32 Å². The summed E-state index contributed by atoms with van der Waals surface area (Å²) in [5.74, 6) is 0.460. The Bertz CT molecular complexity index is 787. The molecule has 1 aromatic carbocycles. The minimum atomic E-state index is -0.782. The molecule has 0 radical (unpaired) electrons. The zero-order valence-corrected chi connectivity index (χ0v) is 16.9. The van der Waals surface area contributed by atoms with Crippen molar-refractivity contribution < 1.29 is 14.7 Å². The first-order chi connectivity index (χ1) is 12.4. The lowest BCUT2D eigenvalue weighted by Gasteiger charge is -2.11. The lowest BCUT2D eigenvalue weighted by Crippen LogP contribution is -2.26. The van der Waals surface area contributed by atoms with E-state index in [0.29, 0.717) is 17.9 Å². The van der Waals surface area contributed by atoms with Crippen molar-refractivity contribution in [3.63, 3.8) is 0 Å². The molecule has 1 aromatic heterocycles. The van der Waals surface area contributed by atoms with E-state index in [-0.39, 0.29) is 12.3 Å². The molecule has 2 rings (SSSR count). The molecule has 140 valence electrons. The van der Waals surface area contributed by atoms with Crippen LogP contribution in [0.1, 0.15) is 33.7 Å². The fraction of sp³-hybridized carbons (Fsp3) is 0.368. The topological polar surface area (TPSA) is 71.3 Å². The van der Waals surface area contributed by atoms with Crippen LogP contribution in [0.15, 0.2) is 30.3 Å². The first kappa shape index (κ1) is 20.5. The summed E-state index contributed by atoms with van der Waals surface area (Å²) >= 11 is 0. The van der Waals surface area contributed by atoms with Gasteiger partial charge in [-0.15, -0.1) is 0 Å². The smallest absolute Gasteiger partial charge is 0.304 e. The number of carboxylic acids is 1. The van der Waals surface area contributed by atoms with E-state index < -0.39 is 5.97 Å². The number of carbonyl (C=O) groups excluding carboxylic acids is 1. The van der Waals surface area contributed by atoms with Crippen molar-refractivity contribution in [3.05, 3.63) is 52.8 Å². The second-order valence-electron chi connectivity index (χ2n) is 6.00. The Morgan fingerprint density at radius 1 is 1.12 bits per heavy atom. The fourth-order valence-corrected chi connectivity index (χ4v) is 4.59. The van der Waals surface area contributed by atoms with Crippen LogP contribution in [0.4, 0.5) is 0 Å². The largest absolute Gasteiger partial charge is 0.481 e. The third-order valence-corrected chi connectivity index (χ3v) is 6.30. The average molecular weight is 393 g/mol. The van der Waals surface area contributed by atoms with Gasteiger partial charge < -0.3 is 15.0 Å². The van der Waals surface area contributed by atoms with E-state index >= 15 is 0 Å². The molecular formula is C19H24N2O3S2. The van der Waals surface area contributed by atoms with E-state index in [1.807, 2.05) is 32.0 Å². The number of hydrogen-bond donors (Lipinski definition) is 2. The maximum Gasteiger partial charge on any atom is 0.304 e. The molecule has 1 amide bonds. The number of aryl methyl sites for hydroxylation is 2. The van der Waals surface area contributed by atoms with Crippen molar-refractivity contribution >= 4 is 33.5 Å². The number of amides is 1. The number of nitrogens with one attached hydrogen (secondary N) is 1. The Morgan fingerprint density at radius 3 is 2.54 bits per heavy atom. The summed E-state index contributed by atoms with van der Waals surface area (Å²) in [4.78, 5) is 22.9. The third kappa shape index (κ3) is 5.57. The quantitative estimate of drug-likeness (QED) is 0.499. The molecule has 26 heavy (non-hydrogen) atoms. The van der Waals surface area contributed by atoms with Crippen LogP contribution in [-0.2, 0) is 4.79 Å². The van der Waals surface area contributed by atoms with E-state index in [9.17, 15) is 9.59 Å². The normalized spacial score (nSPS) is 10.7. The van der Waals surface area contributed by atoms with Crippen molar-refractivity contribution in [2.24, 2.45) is 0 Å². The maximum atomic E-state index is 12.5. The van der Waals surface area contributed by atoms with Gasteiger partial charge in [-0.25, -0.2) is 0 Å². The summed E-state index contributed by atoms with van der Waals surface area (Å²) < 4.78 is 2.10. The second-order valence-corrected chi connectivity index (χ2v) is 8.70. The monoisotopic (exact) mass is 392 g/mol. The molecule has 0 aliphatic carbocycles. The molecule has 5 nitrogen and oxygen atoms in total. The average Bonchev–Trinajstić information content (AvgIpc) is 2.88. The van der Waals surface area contributed by atoms with E-state index in [2.05, 4.69) is 28.9 Å². The fourth-order valence-electron chi connectivity index (χ4n) is 2.71. The molecule has 0 saturated carbocycles. The number of rotatable bonds is 9. The summed E-state index contributed by atoms with van der Waals surface area (Å²) in [6.07, 6.45) is 0.162. The van der Waals surface area contributed by atoms with Gasteiger partial charge in [0.25, 0.3) is 5.91 Å². The van der Waals surface area contributed by atoms with Gasteiger partial charge in [0, 0.05) is 35.1 Å². The van der Waals surface area contributed by atoms with Crippen LogP contribution in [0.2, 0.25) is 0 Å². The first-order valence-electron chi connectivity index (χ1n) is 8.40. The third-order valence-electron chi connectivity index (χ3n) is 3.89. The Hall–Kier alpha value is -1.86. The number of aliphatic carboxylic acids is 1. The van der Waals surface area contributed by atoms with Crippen molar-refractivity contribution in [1.29, 1.82) is 0 Å².